The van der Waals surface area contributed by atoms with E-state index in [-0.39, 0.29) is 18.4 Å². The first-order chi connectivity index (χ1) is 9.40. The minimum absolute atomic E-state index is 0.0447. The lowest BCUT2D eigenvalue weighted by molar-refractivity contribution is -0.131. The van der Waals surface area contributed by atoms with E-state index < -0.39 is 0 Å². The number of benzene rings is 1. The third kappa shape index (κ3) is 3.87. The maximum atomic E-state index is 12.2. The Balaban J connectivity index is 2.76. The molecule has 0 atom stereocenters. The summed E-state index contributed by atoms with van der Waals surface area (Å²) < 4.78 is 0. The molecule has 2 N–H and O–H groups in total. The van der Waals surface area contributed by atoms with E-state index in [4.69, 9.17) is 17.3 Å². The van der Waals surface area contributed by atoms with Gasteiger partial charge >= 0.3 is 0 Å². The summed E-state index contributed by atoms with van der Waals surface area (Å²) in [7, 11) is 1.59. The highest BCUT2D eigenvalue weighted by Crippen LogP contribution is 2.20. The normalized spacial score (nSPS) is 10.2. The molecule has 5 nitrogen and oxygen atoms in total. The van der Waals surface area contributed by atoms with Crippen LogP contribution >= 0.6 is 11.6 Å². The van der Waals surface area contributed by atoms with E-state index in [1.54, 1.807) is 24.1 Å². The SMILES string of the molecule is CCN(CC)C(=O)CN(C)C(=O)c1ccc(Cl)c(N)c1. The summed E-state index contributed by atoms with van der Waals surface area (Å²) in [4.78, 5) is 27.2. The van der Waals surface area contributed by atoms with Gasteiger partial charge in [-0.25, -0.2) is 0 Å². The van der Waals surface area contributed by atoms with Crippen molar-refractivity contribution >= 4 is 29.1 Å². The second kappa shape index (κ2) is 7.14. The third-order valence-corrected chi connectivity index (χ3v) is 3.42. The Morgan fingerprint density at radius 3 is 2.35 bits per heavy atom. The molecule has 0 bridgehead atoms. The third-order valence-electron chi connectivity index (χ3n) is 3.08. The quantitative estimate of drug-likeness (QED) is 0.844. The Bertz CT molecular complexity index is 501. The topological polar surface area (TPSA) is 66.6 Å². The smallest absolute Gasteiger partial charge is 0.254 e. The fourth-order valence-electron chi connectivity index (χ4n) is 1.85. The van der Waals surface area contributed by atoms with Gasteiger partial charge in [-0.15, -0.1) is 0 Å². The summed E-state index contributed by atoms with van der Waals surface area (Å²) >= 11 is 5.82. The number of nitrogens with zero attached hydrogens (tertiary/aromatic N) is 2. The molecule has 2 amide bonds. The van der Waals surface area contributed by atoms with Crippen LogP contribution in [0.2, 0.25) is 5.02 Å². The number of anilines is 1. The molecule has 0 aliphatic rings. The van der Waals surface area contributed by atoms with Crippen molar-refractivity contribution in [3.8, 4) is 0 Å². The molecular formula is C14H20ClN3O2. The summed E-state index contributed by atoms with van der Waals surface area (Å²) in [5, 5.41) is 0.406. The molecule has 0 aromatic heterocycles. The monoisotopic (exact) mass is 297 g/mol. The maximum absolute atomic E-state index is 12.2. The van der Waals surface area contributed by atoms with Crippen LogP contribution in [0.1, 0.15) is 24.2 Å². The van der Waals surface area contributed by atoms with Gasteiger partial charge in [-0.05, 0) is 32.0 Å². The molecule has 1 aromatic carbocycles. The van der Waals surface area contributed by atoms with Gasteiger partial charge in [0.05, 0.1) is 17.3 Å². The van der Waals surface area contributed by atoms with E-state index >= 15 is 0 Å². The van der Waals surface area contributed by atoms with Crippen LogP contribution in [0.25, 0.3) is 0 Å². The zero-order valence-electron chi connectivity index (χ0n) is 12.0. The zero-order valence-corrected chi connectivity index (χ0v) is 12.8. The van der Waals surface area contributed by atoms with Crippen molar-refractivity contribution in [3.63, 3.8) is 0 Å². The number of rotatable bonds is 5. The van der Waals surface area contributed by atoms with Gasteiger partial charge in [0.2, 0.25) is 5.91 Å². The highest BCUT2D eigenvalue weighted by Gasteiger charge is 2.18. The van der Waals surface area contributed by atoms with Crippen molar-refractivity contribution in [1.29, 1.82) is 0 Å². The Morgan fingerprint density at radius 1 is 1.25 bits per heavy atom. The molecule has 1 aromatic rings. The summed E-state index contributed by atoms with van der Waals surface area (Å²) in [6, 6.07) is 4.69. The van der Waals surface area contributed by atoms with Gasteiger partial charge in [-0.3, -0.25) is 9.59 Å². The van der Waals surface area contributed by atoms with Crippen LogP contribution in [0.5, 0.6) is 0 Å². The zero-order chi connectivity index (χ0) is 15.3. The summed E-state index contributed by atoms with van der Waals surface area (Å²) in [6.45, 7) is 5.12. The number of hydrogen-bond acceptors (Lipinski definition) is 3. The average Bonchev–Trinajstić information content (AvgIpc) is 2.42. The Kier molecular flexibility index (Phi) is 5.82. The molecule has 0 unspecified atom stereocenters. The van der Waals surface area contributed by atoms with Gasteiger partial charge in [0, 0.05) is 25.7 Å². The lowest BCUT2D eigenvalue weighted by Gasteiger charge is -2.23. The van der Waals surface area contributed by atoms with Crippen LogP contribution in [0.4, 0.5) is 5.69 Å². The van der Waals surface area contributed by atoms with Crippen LogP contribution in [0, 0.1) is 0 Å². The van der Waals surface area contributed by atoms with Gasteiger partial charge < -0.3 is 15.5 Å². The van der Waals surface area contributed by atoms with Crippen molar-refractivity contribution in [2.45, 2.75) is 13.8 Å². The number of nitrogens with two attached hydrogens (primary N) is 1. The summed E-state index contributed by atoms with van der Waals surface area (Å²) in [6.07, 6.45) is 0. The van der Waals surface area contributed by atoms with Crippen molar-refractivity contribution in [1.82, 2.24) is 9.80 Å². The van der Waals surface area contributed by atoms with Gasteiger partial charge in [0.25, 0.3) is 5.91 Å². The molecule has 0 saturated heterocycles. The maximum Gasteiger partial charge on any atom is 0.254 e. The lowest BCUT2D eigenvalue weighted by atomic mass is 10.2. The van der Waals surface area contributed by atoms with E-state index in [9.17, 15) is 9.59 Å². The Hall–Kier alpha value is -1.75. The number of hydrogen-bond donors (Lipinski definition) is 1. The van der Waals surface area contributed by atoms with Crippen LogP contribution < -0.4 is 5.73 Å². The van der Waals surface area contributed by atoms with Crippen LogP contribution in [-0.2, 0) is 4.79 Å². The summed E-state index contributed by atoms with van der Waals surface area (Å²) in [5.74, 6) is -0.332. The van der Waals surface area contributed by atoms with E-state index in [0.29, 0.717) is 29.4 Å². The van der Waals surface area contributed by atoms with Crippen LogP contribution in [0.3, 0.4) is 0 Å². The van der Waals surface area contributed by atoms with Gasteiger partial charge in [0.1, 0.15) is 0 Å². The van der Waals surface area contributed by atoms with Gasteiger partial charge in [-0.1, -0.05) is 11.6 Å². The molecule has 0 fully saturated rings. The van der Waals surface area contributed by atoms with Crippen molar-refractivity contribution in [2.75, 3.05) is 32.4 Å². The van der Waals surface area contributed by atoms with Crippen molar-refractivity contribution in [2.24, 2.45) is 0 Å². The van der Waals surface area contributed by atoms with E-state index in [2.05, 4.69) is 0 Å². The molecule has 0 heterocycles. The molecule has 20 heavy (non-hydrogen) atoms. The van der Waals surface area contributed by atoms with Crippen molar-refractivity contribution < 1.29 is 9.59 Å². The largest absolute Gasteiger partial charge is 0.398 e. The highest BCUT2D eigenvalue weighted by molar-refractivity contribution is 6.33. The fourth-order valence-corrected chi connectivity index (χ4v) is 1.97. The fraction of sp³-hybridized carbons (Fsp3) is 0.429. The predicted octanol–water partition coefficient (Wildman–Crippen LogP) is 1.86. The minimum atomic E-state index is -0.256. The molecule has 6 heteroatoms. The number of halogens is 1. The molecule has 0 radical (unpaired) electrons. The number of carbonyl (C=O) groups excluding carboxylic acids is 2. The highest BCUT2D eigenvalue weighted by atomic mass is 35.5. The van der Waals surface area contributed by atoms with E-state index in [0.717, 1.165) is 0 Å². The molecule has 0 spiro atoms. The molecule has 1 rings (SSSR count). The first-order valence-electron chi connectivity index (χ1n) is 6.48. The van der Waals surface area contributed by atoms with E-state index in [1.165, 1.54) is 11.0 Å². The second-order valence-electron chi connectivity index (χ2n) is 4.46. The minimum Gasteiger partial charge on any atom is -0.398 e. The average molecular weight is 298 g/mol. The second-order valence-corrected chi connectivity index (χ2v) is 4.87. The van der Waals surface area contributed by atoms with Crippen molar-refractivity contribution in [3.05, 3.63) is 28.8 Å². The standard InChI is InChI=1S/C14H20ClN3O2/c1-4-18(5-2)13(19)9-17(3)14(20)10-6-7-11(15)12(16)8-10/h6-8H,4-5,9,16H2,1-3H3. The number of nitrogen functional groups attached to an aromatic ring is 1. The predicted molar refractivity (Wildman–Crippen MR) is 80.8 cm³/mol. The lowest BCUT2D eigenvalue weighted by Crippen LogP contribution is -2.41. The Morgan fingerprint density at radius 2 is 1.85 bits per heavy atom. The van der Waals surface area contributed by atoms with Crippen LogP contribution in [0.15, 0.2) is 18.2 Å². The number of carbonyl (C=O) groups is 2. The molecule has 0 saturated carbocycles. The molecule has 110 valence electrons. The molecule has 0 aliphatic carbocycles. The number of amides is 2. The van der Waals surface area contributed by atoms with Gasteiger partial charge in [-0.2, -0.15) is 0 Å². The number of likely N-dealkylation sites (N-methyl/N-ethyl adjacent to an activating group) is 2. The molecular weight excluding hydrogens is 278 g/mol. The first kappa shape index (κ1) is 16.3. The van der Waals surface area contributed by atoms with Crippen LogP contribution in [-0.4, -0.2) is 48.3 Å². The van der Waals surface area contributed by atoms with Gasteiger partial charge in [0.15, 0.2) is 0 Å². The Labute approximate surface area is 124 Å². The molecule has 0 aliphatic heterocycles. The van der Waals surface area contributed by atoms with E-state index in [1.807, 2.05) is 13.8 Å². The summed E-state index contributed by atoms with van der Waals surface area (Å²) in [5.41, 5.74) is 6.44. The first-order valence-corrected chi connectivity index (χ1v) is 6.86.